The van der Waals surface area contributed by atoms with Crippen molar-refractivity contribution < 1.29 is 13.2 Å². The molecule has 1 aromatic rings. The Kier molecular flexibility index (Phi) is 5.83. The molecule has 0 amide bonds. The molecule has 0 atom stereocenters. The normalized spacial score (nSPS) is 17.6. The van der Waals surface area contributed by atoms with Crippen molar-refractivity contribution in [1.82, 2.24) is 9.62 Å². The first-order valence-electron chi connectivity index (χ1n) is 7.85. The van der Waals surface area contributed by atoms with Gasteiger partial charge >= 0.3 is 0 Å². The molecule has 6 heteroatoms. The minimum Gasteiger partial charge on any atom is -0.497 e. The topological polar surface area (TPSA) is 58.6 Å². The van der Waals surface area contributed by atoms with Gasteiger partial charge in [0.05, 0.1) is 12.0 Å². The number of rotatable bonds is 6. The molecule has 1 fully saturated rings. The smallest absolute Gasteiger partial charge is 0.241 e. The molecule has 124 valence electrons. The minimum atomic E-state index is -3.47. The summed E-state index contributed by atoms with van der Waals surface area (Å²) < 4.78 is 33.1. The van der Waals surface area contributed by atoms with Crippen LogP contribution in [-0.4, -0.2) is 46.1 Å². The summed E-state index contributed by atoms with van der Waals surface area (Å²) in [5, 5.41) is 0. The van der Waals surface area contributed by atoms with Crippen molar-refractivity contribution in [3.8, 4) is 5.75 Å². The molecule has 0 aromatic heterocycles. The summed E-state index contributed by atoms with van der Waals surface area (Å²) >= 11 is 0. The average molecular weight is 326 g/mol. The molecule has 0 radical (unpaired) electrons. The van der Waals surface area contributed by atoms with Gasteiger partial charge in [0.25, 0.3) is 0 Å². The zero-order valence-corrected chi connectivity index (χ0v) is 14.4. The maximum Gasteiger partial charge on any atom is 0.241 e. The number of aryl methyl sites for hydroxylation is 1. The van der Waals surface area contributed by atoms with Crippen molar-refractivity contribution in [1.29, 1.82) is 0 Å². The van der Waals surface area contributed by atoms with Crippen molar-refractivity contribution in [2.75, 3.05) is 26.7 Å². The van der Waals surface area contributed by atoms with Gasteiger partial charge in [-0.25, -0.2) is 13.1 Å². The number of hydrogen-bond donors (Lipinski definition) is 1. The second-order valence-electron chi connectivity index (χ2n) is 5.87. The van der Waals surface area contributed by atoms with Crippen LogP contribution in [0.5, 0.6) is 5.75 Å². The summed E-state index contributed by atoms with van der Waals surface area (Å²) in [6, 6.07) is 5.08. The standard InChI is InChI=1S/C16H26N2O3S/c1-4-9-18-10-7-14(8-11-18)17-22(19,20)16-6-5-15(21-3)12-13(16)2/h5-6,12,14,17H,4,7-11H2,1-3H3. The fourth-order valence-corrected chi connectivity index (χ4v) is 4.46. The quantitative estimate of drug-likeness (QED) is 0.870. The minimum absolute atomic E-state index is 0.0274. The summed E-state index contributed by atoms with van der Waals surface area (Å²) in [7, 11) is -1.89. The Morgan fingerprint density at radius 2 is 2.00 bits per heavy atom. The number of piperidine rings is 1. The summed E-state index contributed by atoms with van der Waals surface area (Å²) in [5.74, 6) is 0.671. The molecule has 1 N–H and O–H groups in total. The second kappa shape index (κ2) is 7.44. The van der Waals surface area contributed by atoms with Gasteiger partial charge in [-0.1, -0.05) is 6.92 Å². The van der Waals surface area contributed by atoms with E-state index in [4.69, 9.17) is 4.74 Å². The van der Waals surface area contributed by atoms with Crippen molar-refractivity contribution in [3.63, 3.8) is 0 Å². The van der Waals surface area contributed by atoms with E-state index in [-0.39, 0.29) is 6.04 Å². The van der Waals surface area contributed by atoms with Gasteiger partial charge in [0.2, 0.25) is 10.0 Å². The van der Waals surface area contributed by atoms with E-state index >= 15 is 0 Å². The maximum absolute atomic E-state index is 12.6. The molecule has 1 aromatic carbocycles. The van der Waals surface area contributed by atoms with Crippen LogP contribution in [0.2, 0.25) is 0 Å². The lowest BCUT2D eigenvalue weighted by Crippen LogP contribution is -2.44. The van der Waals surface area contributed by atoms with Gasteiger partial charge in [0, 0.05) is 6.04 Å². The molecule has 5 nitrogen and oxygen atoms in total. The van der Waals surface area contributed by atoms with E-state index in [2.05, 4.69) is 16.5 Å². The van der Waals surface area contributed by atoms with Gasteiger partial charge in [-0.3, -0.25) is 0 Å². The summed E-state index contributed by atoms with van der Waals surface area (Å²) in [5.41, 5.74) is 0.704. The van der Waals surface area contributed by atoms with E-state index in [0.29, 0.717) is 16.2 Å². The molecular formula is C16H26N2O3S. The van der Waals surface area contributed by atoms with Crippen LogP contribution in [0.25, 0.3) is 0 Å². The lowest BCUT2D eigenvalue weighted by molar-refractivity contribution is 0.208. The monoisotopic (exact) mass is 326 g/mol. The van der Waals surface area contributed by atoms with Gasteiger partial charge in [-0.15, -0.1) is 0 Å². The predicted octanol–water partition coefficient (Wildman–Crippen LogP) is 2.16. The zero-order valence-electron chi connectivity index (χ0n) is 13.6. The van der Waals surface area contributed by atoms with Gasteiger partial charge in [0.1, 0.15) is 5.75 Å². The van der Waals surface area contributed by atoms with E-state index in [0.717, 1.165) is 38.9 Å². The predicted molar refractivity (Wildman–Crippen MR) is 87.8 cm³/mol. The SMILES string of the molecule is CCCN1CCC(NS(=O)(=O)c2ccc(OC)cc2C)CC1. The van der Waals surface area contributed by atoms with E-state index in [1.807, 2.05) is 0 Å². The van der Waals surface area contributed by atoms with Crippen LogP contribution in [0.3, 0.4) is 0 Å². The Hall–Kier alpha value is -1.11. The Labute approximate surface area is 133 Å². The van der Waals surface area contributed by atoms with Crippen LogP contribution in [0.1, 0.15) is 31.7 Å². The highest BCUT2D eigenvalue weighted by Crippen LogP contribution is 2.22. The molecule has 22 heavy (non-hydrogen) atoms. The molecule has 1 saturated heterocycles. The molecular weight excluding hydrogens is 300 g/mol. The lowest BCUT2D eigenvalue weighted by atomic mass is 10.1. The number of nitrogens with one attached hydrogen (secondary N) is 1. The molecule has 2 rings (SSSR count). The largest absolute Gasteiger partial charge is 0.497 e. The van der Waals surface area contributed by atoms with Gasteiger partial charge in [-0.2, -0.15) is 0 Å². The molecule has 0 bridgehead atoms. The van der Waals surface area contributed by atoms with Crippen LogP contribution < -0.4 is 9.46 Å². The van der Waals surface area contributed by atoms with E-state index in [9.17, 15) is 8.42 Å². The van der Waals surface area contributed by atoms with Crippen molar-refractivity contribution in [2.24, 2.45) is 0 Å². The van der Waals surface area contributed by atoms with E-state index < -0.39 is 10.0 Å². The highest BCUT2D eigenvalue weighted by Gasteiger charge is 2.25. The summed E-state index contributed by atoms with van der Waals surface area (Å²) in [6.45, 7) is 6.98. The Bertz CT molecular complexity index is 593. The molecule has 1 aliphatic heterocycles. The third-order valence-corrected chi connectivity index (χ3v) is 5.80. The number of hydrogen-bond acceptors (Lipinski definition) is 4. The Morgan fingerprint density at radius 1 is 1.32 bits per heavy atom. The first-order chi connectivity index (χ1) is 10.5. The summed E-state index contributed by atoms with van der Waals surface area (Å²) in [6.07, 6.45) is 2.88. The first-order valence-corrected chi connectivity index (χ1v) is 9.34. The lowest BCUT2D eigenvalue weighted by Gasteiger charge is -2.32. The average Bonchev–Trinajstić information content (AvgIpc) is 2.48. The third-order valence-electron chi connectivity index (χ3n) is 4.12. The fourth-order valence-electron chi connectivity index (χ4n) is 2.92. The van der Waals surface area contributed by atoms with E-state index in [1.54, 1.807) is 32.2 Å². The molecule has 1 heterocycles. The molecule has 0 aliphatic carbocycles. The maximum atomic E-state index is 12.6. The van der Waals surface area contributed by atoms with Crippen LogP contribution in [0.4, 0.5) is 0 Å². The fraction of sp³-hybridized carbons (Fsp3) is 0.625. The van der Waals surface area contributed by atoms with Gasteiger partial charge < -0.3 is 9.64 Å². The number of likely N-dealkylation sites (tertiary alicyclic amines) is 1. The van der Waals surface area contributed by atoms with Crippen LogP contribution in [-0.2, 0) is 10.0 Å². The Morgan fingerprint density at radius 3 is 2.55 bits per heavy atom. The highest BCUT2D eigenvalue weighted by molar-refractivity contribution is 7.89. The molecule has 0 unspecified atom stereocenters. The zero-order chi connectivity index (χ0) is 16.2. The number of sulfonamides is 1. The van der Waals surface area contributed by atoms with Crippen molar-refractivity contribution in [2.45, 2.75) is 44.0 Å². The van der Waals surface area contributed by atoms with Gasteiger partial charge in [0.15, 0.2) is 0 Å². The number of nitrogens with zero attached hydrogens (tertiary/aromatic N) is 1. The third kappa shape index (κ3) is 4.21. The number of ether oxygens (including phenoxy) is 1. The summed E-state index contributed by atoms with van der Waals surface area (Å²) in [4.78, 5) is 2.73. The first kappa shape index (κ1) is 17.2. The molecule has 0 spiro atoms. The Balaban J connectivity index is 2.03. The number of methoxy groups -OCH3 is 1. The van der Waals surface area contributed by atoms with E-state index in [1.165, 1.54) is 0 Å². The van der Waals surface area contributed by atoms with Crippen molar-refractivity contribution >= 4 is 10.0 Å². The highest BCUT2D eigenvalue weighted by atomic mass is 32.2. The molecule has 1 aliphatic rings. The van der Waals surface area contributed by atoms with Crippen LogP contribution in [0.15, 0.2) is 23.1 Å². The van der Waals surface area contributed by atoms with Crippen molar-refractivity contribution in [3.05, 3.63) is 23.8 Å². The van der Waals surface area contributed by atoms with Gasteiger partial charge in [-0.05, 0) is 69.6 Å². The number of benzene rings is 1. The van der Waals surface area contributed by atoms with Crippen LogP contribution >= 0.6 is 0 Å². The molecule has 0 saturated carbocycles. The second-order valence-corrected chi connectivity index (χ2v) is 7.55. The van der Waals surface area contributed by atoms with Crippen LogP contribution in [0, 0.1) is 6.92 Å².